The number of nitrogens with two attached hydrogens (primary N) is 1. The van der Waals surface area contributed by atoms with Gasteiger partial charge in [0.15, 0.2) is 0 Å². The van der Waals surface area contributed by atoms with Gasteiger partial charge in [-0.25, -0.2) is 4.68 Å². The van der Waals surface area contributed by atoms with Gasteiger partial charge < -0.3 is 15.2 Å². The molecule has 2 saturated heterocycles. The summed E-state index contributed by atoms with van der Waals surface area (Å²) in [7, 11) is 0. The SMILES string of the molecule is CCC(N)c1cn(C2CCOC3(CCOCC3)C2)nn1. The molecule has 0 bridgehead atoms. The maximum Gasteiger partial charge on any atom is 0.0994 e. The van der Waals surface area contributed by atoms with Crippen LogP contribution in [0.15, 0.2) is 6.20 Å². The van der Waals surface area contributed by atoms with Crippen LogP contribution in [0.4, 0.5) is 0 Å². The van der Waals surface area contributed by atoms with E-state index in [-0.39, 0.29) is 11.6 Å². The van der Waals surface area contributed by atoms with Gasteiger partial charge in [0.25, 0.3) is 0 Å². The van der Waals surface area contributed by atoms with Crippen LogP contribution in [0, 0.1) is 0 Å². The normalized spacial score (nSPS) is 27.6. The maximum absolute atomic E-state index is 6.07. The first kappa shape index (κ1) is 14.0. The lowest BCUT2D eigenvalue weighted by molar-refractivity contribution is -0.145. The smallest absolute Gasteiger partial charge is 0.0994 e. The van der Waals surface area contributed by atoms with Crippen LogP contribution >= 0.6 is 0 Å². The van der Waals surface area contributed by atoms with E-state index < -0.39 is 0 Å². The van der Waals surface area contributed by atoms with Crippen LogP contribution in [-0.2, 0) is 9.47 Å². The van der Waals surface area contributed by atoms with Crippen molar-refractivity contribution < 1.29 is 9.47 Å². The monoisotopic (exact) mass is 280 g/mol. The van der Waals surface area contributed by atoms with Crippen LogP contribution in [0.3, 0.4) is 0 Å². The molecule has 0 aromatic carbocycles. The first-order valence-electron chi connectivity index (χ1n) is 7.61. The minimum atomic E-state index is -0.0137. The van der Waals surface area contributed by atoms with Crippen molar-refractivity contribution in [3.63, 3.8) is 0 Å². The third-order valence-corrected chi connectivity index (χ3v) is 4.59. The van der Waals surface area contributed by atoms with Gasteiger partial charge in [-0.3, -0.25) is 0 Å². The Morgan fingerprint density at radius 1 is 1.45 bits per heavy atom. The summed E-state index contributed by atoms with van der Waals surface area (Å²) < 4.78 is 13.5. The van der Waals surface area contributed by atoms with Gasteiger partial charge in [-0.2, -0.15) is 0 Å². The number of rotatable bonds is 3. The topological polar surface area (TPSA) is 75.2 Å². The van der Waals surface area contributed by atoms with Crippen molar-refractivity contribution in [1.82, 2.24) is 15.0 Å². The maximum atomic E-state index is 6.07. The fraction of sp³-hybridized carbons (Fsp3) is 0.857. The minimum Gasteiger partial charge on any atom is -0.381 e. The van der Waals surface area contributed by atoms with E-state index in [2.05, 4.69) is 17.2 Å². The predicted octanol–water partition coefficient (Wildman–Crippen LogP) is 1.59. The van der Waals surface area contributed by atoms with Crippen molar-refractivity contribution in [2.45, 2.75) is 56.7 Å². The van der Waals surface area contributed by atoms with Gasteiger partial charge in [-0.05, 0) is 32.1 Å². The van der Waals surface area contributed by atoms with E-state index in [4.69, 9.17) is 15.2 Å². The van der Waals surface area contributed by atoms with E-state index in [1.165, 1.54) is 0 Å². The van der Waals surface area contributed by atoms with E-state index in [1.807, 2.05) is 10.9 Å². The number of nitrogens with zero attached hydrogens (tertiary/aromatic N) is 3. The second-order valence-corrected chi connectivity index (χ2v) is 5.93. The first-order valence-corrected chi connectivity index (χ1v) is 7.61. The fourth-order valence-electron chi connectivity index (χ4n) is 3.17. The molecule has 3 heterocycles. The number of ether oxygens (including phenoxy) is 2. The van der Waals surface area contributed by atoms with Gasteiger partial charge in [-0.15, -0.1) is 5.10 Å². The van der Waals surface area contributed by atoms with Crippen LogP contribution in [0.5, 0.6) is 0 Å². The van der Waals surface area contributed by atoms with E-state index >= 15 is 0 Å². The molecule has 1 aromatic rings. The Balaban J connectivity index is 1.71. The van der Waals surface area contributed by atoms with Crippen molar-refractivity contribution in [2.24, 2.45) is 5.73 Å². The molecule has 3 rings (SSSR count). The lowest BCUT2D eigenvalue weighted by Gasteiger charge is -2.43. The van der Waals surface area contributed by atoms with Crippen molar-refractivity contribution in [2.75, 3.05) is 19.8 Å². The summed E-state index contributed by atoms with van der Waals surface area (Å²) in [5, 5.41) is 8.50. The van der Waals surface area contributed by atoms with Crippen molar-refractivity contribution in [1.29, 1.82) is 0 Å². The second-order valence-electron chi connectivity index (χ2n) is 5.93. The summed E-state index contributed by atoms with van der Waals surface area (Å²) in [5.41, 5.74) is 6.89. The van der Waals surface area contributed by atoms with E-state index in [0.717, 1.165) is 57.6 Å². The van der Waals surface area contributed by atoms with E-state index in [1.54, 1.807) is 0 Å². The summed E-state index contributed by atoms with van der Waals surface area (Å²) in [4.78, 5) is 0. The van der Waals surface area contributed by atoms with Crippen LogP contribution in [0.2, 0.25) is 0 Å². The number of aromatic nitrogens is 3. The molecule has 6 nitrogen and oxygen atoms in total. The zero-order valence-corrected chi connectivity index (χ0v) is 12.1. The molecule has 0 radical (unpaired) electrons. The molecule has 2 atom stereocenters. The molecule has 20 heavy (non-hydrogen) atoms. The molecule has 0 aliphatic carbocycles. The average molecular weight is 280 g/mol. The highest BCUT2D eigenvalue weighted by atomic mass is 16.5. The third kappa shape index (κ3) is 2.73. The quantitative estimate of drug-likeness (QED) is 0.910. The molecular formula is C14H24N4O2. The van der Waals surface area contributed by atoms with Crippen LogP contribution in [0.1, 0.15) is 56.8 Å². The summed E-state index contributed by atoms with van der Waals surface area (Å²) in [6.45, 7) is 4.46. The average Bonchev–Trinajstić information content (AvgIpc) is 2.97. The Bertz CT molecular complexity index is 437. The van der Waals surface area contributed by atoms with Crippen molar-refractivity contribution in [3.05, 3.63) is 11.9 Å². The number of hydrogen-bond acceptors (Lipinski definition) is 5. The summed E-state index contributed by atoms with van der Waals surface area (Å²) in [6.07, 6.45) is 6.86. The van der Waals surface area contributed by atoms with Gasteiger partial charge in [0.1, 0.15) is 0 Å². The molecule has 1 aromatic heterocycles. The molecule has 112 valence electrons. The standard InChI is InChI=1S/C14H24N4O2/c1-2-12(15)13-10-18(17-16-13)11-3-6-20-14(9-11)4-7-19-8-5-14/h10-12H,2-9,15H2,1H3. The first-order chi connectivity index (χ1) is 9.72. The van der Waals surface area contributed by atoms with Gasteiger partial charge in [0, 0.05) is 19.8 Å². The molecule has 2 unspecified atom stereocenters. The van der Waals surface area contributed by atoms with Crippen LogP contribution in [0.25, 0.3) is 0 Å². The highest BCUT2D eigenvalue weighted by Gasteiger charge is 2.40. The second kappa shape index (κ2) is 5.79. The minimum absolute atomic E-state index is 0.0133. The molecule has 6 heteroatoms. The lowest BCUT2D eigenvalue weighted by Crippen LogP contribution is -2.44. The molecule has 2 N–H and O–H groups in total. The van der Waals surface area contributed by atoms with E-state index in [9.17, 15) is 0 Å². The molecule has 2 fully saturated rings. The van der Waals surface area contributed by atoms with Crippen molar-refractivity contribution >= 4 is 0 Å². The molecule has 2 aliphatic heterocycles. The van der Waals surface area contributed by atoms with Crippen LogP contribution < -0.4 is 5.73 Å². The van der Waals surface area contributed by atoms with E-state index in [0.29, 0.717) is 6.04 Å². The van der Waals surface area contributed by atoms with Gasteiger partial charge in [-0.1, -0.05) is 12.1 Å². The highest BCUT2D eigenvalue weighted by molar-refractivity contribution is 5.01. The van der Waals surface area contributed by atoms with Gasteiger partial charge in [0.2, 0.25) is 0 Å². The largest absolute Gasteiger partial charge is 0.381 e. The summed E-state index contributed by atoms with van der Waals surface area (Å²) in [5.74, 6) is 0. The molecule has 1 spiro atoms. The zero-order chi connectivity index (χ0) is 14.0. The zero-order valence-electron chi connectivity index (χ0n) is 12.1. The van der Waals surface area contributed by atoms with Gasteiger partial charge >= 0.3 is 0 Å². The summed E-state index contributed by atoms with van der Waals surface area (Å²) >= 11 is 0. The fourth-order valence-corrected chi connectivity index (χ4v) is 3.17. The van der Waals surface area contributed by atoms with Gasteiger partial charge in [0.05, 0.1) is 29.6 Å². The number of hydrogen-bond donors (Lipinski definition) is 1. The predicted molar refractivity (Wildman–Crippen MR) is 74.2 cm³/mol. The third-order valence-electron chi connectivity index (χ3n) is 4.59. The Kier molecular flexibility index (Phi) is 4.05. The molecule has 0 saturated carbocycles. The molecule has 2 aliphatic rings. The highest BCUT2D eigenvalue weighted by Crippen LogP contribution is 2.38. The Hall–Kier alpha value is -0.980. The van der Waals surface area contributed by atoms with Crippen LogP contribution in [-0.4, -0.2) is 40.4 Å². The Morgan fingerprint density at radius 3 is 3.00 bits per heavy atom. The lowest BCUT2D eigenvalue weighted by atomic mass is 9.84. The summed E-state index contributed by atoms with van der Waals surface area (Å²) in [6, 6.07) is 0.354. The Morgan fingerprint density at radius 2 is 2.25 bits per heavy atom. The Labute approximate surface area is 119 Å². The molecule has 0 amide bonds. The van der Waals surface area contributed by atoms with Crippen molar-refractivity contribution in [3.8, 4) is 0 Å². The molecular weight excluding hydrogens is 256 g/mol.